The molecule has 6 atom stereocenters. The lowest BCUT2D eigenvalue weighted by atomic mass is 9.85. The Bertz CT molecular complexity index is 1080. The normalized spacial score (nSPS) is 29.1. The molecule has 6 heteroatoms. The first-order chi connectivity index (χ1) is 17.5. The Balaban J connectivity index is 1.42. The highest BCUT2D eigenvalue weighted by Gasteiger charge is 2.60. The highest BCUT2D eigenvalue weighted by atomic mass is 19.1. The van der Waals surface area contributed by atoms with Crippen LogP contribution < -0.4 is 0 Å². The zero-order valence-corrected chi connectivity index (χ0v) is 20.7. The molecule has 0 radical (unpaired) electrons. The molecule has 1 heterocycles. The molecule has 36 heavy (non-hydrogen) atoms. The van der Waals surface area contributed by atoms with Crippen molar-refractivity contribution in [3.8, 4) is 0 Å². The lowest BCUT2D eigenvalue weighted by molar-refractivity contribution is -0.230. The molecule has 0 bridgehead atoms. The van der Waals surface area contributed by atoms with Crippen LogP contribution in [0.2, 0.25) is 0 Å². The molecule has 0 N–H and O–H groups in total. The largest absolute Gasteiger partial charge is 0.368 e. The van der Waals surface area contributed by atoms with Gasteiger partial charge in [0.1, 0.15) is 30.5 Å². The van der Waals surface area contributed by atoms with Crippen molar-refractivity contribution in [1.29, 1.82) is 0 Å². The fourth-order valence-electron chi connectivity index (χ4n) is 4.93. The predicted molar refractivity (Wildman–Crippen MR) is 134 cm³/mol. The van der Waals surface area contributed by atoms with E-state index in [-0.39, 0.29) is 6.61 Å². The quantitative estimate of drug-likeness (QED) is 0.388. The van der Waals surface area contributed by atoms with Gasteiger partial charge in [-0.15, -0.1) is 0 Å². The van der Waals surface area contributed by atoms with Gasteiger partial charge in [0.05, 0.1) is 19.8 Å². The average molecular weight is 493 g/mol. The number of hydrogen-bond donors (Lipinski definition) is 0. The molecule has 1 saturated carbocycles. The van der Waals surface area contributed by atoms with Gasteiger partial charge < -0.3 is 23.7 Å². The molecule has 0 amide bonds. The van der Waals surface area contributed by atoms with Gasteiger partial charge in [-0.1, -0.05) is 91.0 Å². The van der Waals surface area contributed by atoms with E-state index in [1.54, 1.807) is 13.8 Å². The first-order valence-corrected chi connectivity index (χ1v) is 12.5. The SMILES string of the molecule is CC1(C)O[C@H]2[C@H](OCc3ccccc3)[C@@H](OCc3ccccc3)[C@H](OCc3ccccc3)[C@@H](F)[C@H]2O1. The van der Waals surface area contributed by atoms with E-state index < -0.39 is 42.5 Å². The lowest BCUT2D eigenvalue weighted by Gasteiger charge is -2.44. The first kappa shape index (κ1) is 25.1. The van der Waals surface area contributed by atoms with Crippen LogP contribution in [0.25, 0.3) is 0 Å². The Morgan fingerprint density at radius 3 is 1.44 bits per heavy atom. The van der Waals surface area contributed by atoms with Gasteiger partial charge in [0.25, 0.3) is 0 Å². The molecular weight excluding hydrogens is 459 g/mol. The van der Waals surface area contributed by atoms with Crippen LogP contribution >= 0.6 is 0 Å². The summed E-state index contributed by atoms with van der Waals surface area (Å²) in [4.78, 5) is 0. The van der Waals surface area contributed by atoms with E-state index in [9.17, 15) is 0 Å². The predicted octanol–water partition coefficient (Wildman–Crippen LogP) is 5.61. The fraction of sp³-hybridized carbons (Fsp3) is 0.400. The zero-order chi connectivity index (χ0) is 25.0. The molecule has 1 saturated heterocycles. The fourth-order valence-corrected chi connectivity index (χ4v) is 4.93. The second-order valence-electron chi connectivity index (χ2n) is 9.79. The summed E-state index contributed by atoms with van der Waals surface area (Å²) in [6.45, 7) is 4.49. The number of ether oxygens (including phenoxy) is 5. The molecule has 0 spiro atoms. The number of benzene rings is 3. The van der Waals surface area contributed by atoms with Crippen LogP contribution in [0.5, 0.6) is 0 Å². The Morgan fingerprint density at radius 2 is 0.972 bits per heavy atom. The van der Waals surface area contributed by atoms with Crippen molar-refractivity contribution in [1.82, 2.24) is 0 Å². The Labute approximate surface area is 212 Å². The van der Waals surface area contributed by atoms with E-state index in [0.717, 1.165) is 16.7 Å². The summed E-state index contributed by atoms with van der Waals surface area (Å²) in [7, 11) is 0. The van der Waals surface area contributed by atoms with Crippen molar-refractivity contribution >= 4 is 0 Å². The molecule has 1 aliphatic carbocycles. The van der Waals surface area contributed by atoms with Gasteiger partial charge in [0.15, 0.2) is 12.0 Å². The number of rotatable bonds is 9. The standard InChI is InChI=1S/C30H33FO5/c1-30(2)35-26-24(31)25(32-18-21-12-6-3-7-13-21)27(33-19-22-14-8-4-9-15-22)28(29(26)36-30)34-20-23-16-10-5-11-17-23/h3-17,24-29H,18-20H2,1-2H3/t24-,25-,26-,27+,28-,29-/m1/s1. The number of hydrogen-bond acceptors (Lipinski definition) is 5. The molecule has 0 aromatic heterocycles. The minimum atomic E-state index is -1.45. The van der Waals surface area contributed by atoms with Crippen molar-refractivity contribution in [2.75, 3.05) is 0 Å². The van der Waals surface area contributed by atoms with Gasteiger partial charge in [-0.25, -0.2) is 4.39 Å². The summed E-state index contributed by atoms with van der Waals surface area (Å²) in [5, 5.41) is 0. The molecule has 3 aromatic rings. The Kier molecular flexibility index (Phi) is 7.79. The lowest BCUT2D eigenvalue weighted by Crippen LogP contribution is -2.63. The molecule has 2 fully saturated rings. The van der Waals surface area contributed by atoms with E-state index in [0.29, 0.717) is 13.2 Å². The summed E-state index contributed by atoms with van der Waals surface area (Å²) < 4.78 is 47.4. The van der Waals surface area contributed by atoms with Crippen LogP contribution in [-0.4, -0.2) is 42.5 Å². The van der Waals surface area contributed by atoms with Crippen LogP contribution in [0, 0.1) is 0 Å². The Morgan fingerprint density at radius 1 is 0.583 bits per heavy atom. The number of alkyl halides is 1. The molecule has 5 rings (SSSR count). The maximum absolute atomic E-state index is 16.1. The van der Waals surface area contributed by atoms with Crippen molar-refractivity contribution < 1.29 is 28.1 Å². The minimum absolute atomic E-state index is 0.254. The van der Waals surface area contributed by atoms with E-state index in [1.165, 1.54) is 0 Å². The molecule has 1 aliphatic heterocycles. The summed E-state index contributed by atoms with van der Waals surface area (Å²) in [6, 6.07) is 29.5. The second kappa shape index (κ2) is 11.2. The molecule has 3 aromatic carbocycles. The minimum Gasteiger partial charge on any atom is -0.368 e. The van der Waals surface area contributed by atoms with Gasteiger partial charge in [0.2, 0.25) is 0 Å². The maximum Gasteiger partial charge on any atom is 0.164 e. The van der Waals surface area contributed by atoms with Gasteiger partial charge in [0, 0.05) is 0 Å². The maximum atomic E-state index is 16.1. The highest BCUT2D eigenvalue weighted by molar-refractivity contribution is 5.16. The van der Waals surface area contributed by atoms with E-state index in [4.69, 9.17) is 23.7 Å². The zero-order valence-electron chi connectivity index (χ0n) is 20.7. The van der Waals surface area contributed by atoms with Gasteiger partial charge in [-0.05, 0) is 30.5 Å². The topological polar surface area (TPSA) is 46.2 Å². The molecule has 2 aliphatic rings. The van der Waals surface area contributed by atoms with E-state index in [1.807, 2.05) is 91.0 Å². The average Bonchev–Trinajstić information content (AvgIpc) is 3.23. The van der Waals surface area contributed by atoms with E-state index in [2.05, 4.69) is 0 Å². The third-order valence-electron chi connectivity index (χ3n) is 6.62. The summed E-state index contributed by atoms with van der Waals surface area (Å²) in [5.41, 5.74) is 2.96. The van der Waals surface area contributed by atoms with Gasteiger partial charge in [-0.3, -0.25) is 0 Å². The van der Waals surface area contributed by atoms with Crippen molar-refractivity contribution in [3.05, 3.63) is 108 Å². The van der Waals surface area contributed by atoms with Crippen LogP contribution in [-0.2, 0) is 43.5 Å². The van der Waals surface area contributed by atoms with E-state index >= 15 is 4.39 Å². The number of fused-ring (bicyclic) bond motifs is 1. The third kappa shape index (κ3) is 5.85. The van der Waals surface area contributed by atoms with Crippen LogP contribution in [0.1, 0.15) is 30.5 Å². The first-order valence-electron chi connectivity index (χ1n) is 12.5. The van der Waals surface area contributed by atoms with Crippen molar-refractivity contribution in [2.45, 2.75) is 76.1 Å². The summed E-state index contributed by atoms with van der Waals surface area (Å²) in [5.74, 6) is -0.938. The summed E-state index contributed by atoms with van der Waals surface area (Å²) >= 11 is 0. The third-order valence-corrected chi connectivity index (χ3v) is 6.62. The second-order valence-corrected chi connectivity index (χ2v) is 9.79. The molecule has 190 valence electrons. The van der Waals surface area contributed by atoms with Crippen LogP contribution in [0.15, 0.2) is 91.0 Å². The molecular formula is C30H33FO5. The van der Waals surface area contributed by atoms with Crippen LogP contribution in [0.4, 0.5) is 4.39 Å². The van der Waals surface area contributed by atoms with Crippen molar-refractivity contribution in [3.63, 3.8) is 0 Å². The Hall–Kier alpha value is -2.61. The smallest absolute Gasteiger partial charge is 0.164 e. The van der Waals surface area contributed by atoms with Gasteiger partial charge >= 0.3 is 0 Å². The number of halogens is 1. The molecule has 0 unspecified atom stereocenters. The highest BCUT2D eigenvalue weighted by Crippen LogP contribution is 2.42. The monoisotopic (exact) mass is 492 g/mol. The molecule has 5 nitrogen and oxygen atoms in total. The van der Waals surface area contributed by atoms with Gasteiger partial charge in [-0.2, -0.15) is 0 Å². The summed E-state index contributed by atoms with van der Waals surface area (Å²) in [6.07, 6.45) is -5.08. The van der Waals surface area contributed by atoms with Crippen molar-refractivity contribution in [2.24, 2.45) is 0 Å². The van der Waals surface area contributed by atoms with Crippen LogP contribution in [0.3, 0.4) is 0 Å².